The second kappa shape index (κ2) is 5.96. The minimum atomic E-state index is -0.663. The molecule has 0 bridgehead atoms. The minimum Gasteiger partial charge on any atom is -0.481 e. The summed E-state index contributed by atoms with van der Waals surface area (Å²) in [5, 5.41) is 9.14. The van der Waals surface area contributed by atoms with Gasteiger partial charge < -0.3 is 5.11 Å². The number of pyridine rings is 1. The van der Waals surface area contributed by atoms with E-state index in [1.165, 1.54) is 5.56 Å². The zero-order chi connectivity index (χ0) is 13.0. The maximum absolute atomic E-state index is 11.1. The second-order valence-corrected chi connectivity index (χ2v) is 4.88. The molecule has 1 N–H and O–H groups in total. The molecule has 0 radical (unpaired) electrons. The van der Waals surface area contributed by atoms with Crippen LogP contribution in [0.25, 0.3) is 0 Å². The number of aromatic nitrogens is 1. The van der Waals surface area contributed by atoms with E-state index in [9.17, 15) is 4.79 Å². The molecule has 1 aromatic rings. The normalized spacial score (nSPS) is 22.6. The number of nitrogens with zero attached hydrogens (tertiary/aromatic N) is 2. The molecule has 2 unspecified atom stereocenters. The van der Waals surface area contributed by atoms with Crippen LogP contribution in [0.3, 0.4) is 0 Å². The molecular weight excluding hydrogens is 228 g/mol. The zero-order valence-corrected chi connectivity index (χ0v) is 10.7. The van der Waals surface area contributed by atoms with Crippen LogP contribution in [-0.4, -0.2) is 34.0 Å². The lowest BCUT2D eigenvalue weighted by atomic mass is 9.94. The first-order valence-corrected chi connectivity index (χ1v) is 6.59. The van der Waals surface area contributed by atoms with Gasteiger partial charge in [0.25, 0.3) is 0 Å². The van der Waals surface area contributed by atoms with Crippen molar-refractivity contribution in [2.24, 2.45) is 5.92 Å². The summed E-state index contributed by atoms with van der Waals surface area (Å²) >= 11 is 0. The molecule has 1 fully saturated rings. The molecule has 1 aliphatic rings. The fraction of sp³-hybridized carbons (Fsp3) is 0.571. The SMILES string of the molecule is CCC(c1ccncc1)N1CCCC(C(=O)O)C1. The quantitative estimate of drug-likeness (QED) is 0.888. The summed E-state index contributed by atoms with van der Waals surface area (Å²) < 4.78 is 0. The van der Waals surface area contributed by atoms with Crippen molar-refractivity contribution in [1.82, 2.24) is 9.88 Å². The van der Waals surface area contributed by atoms with Gasteiger partial charge in [0.1, 0.15) is 0 Å². The van der Waals surface area contributed by atoms with Gasteiger partial charge in [0, 0.05) is 25.0 Å². The first-order chi connectivity index (χ1) is 8.72. The van der Waals surface area contributed by atoms with Gasteiger partial charge in [-0.25, -0.2) is 0 Å². The van der Waals surface area contributed by atoms with Crippen LogP contribution >= 0.6 is 0 Å². The summed E-state index contributed by atoms with van der Waals surface area (Å²) in [5.41, 5.74) is 1.23. The van der Waals surface area contributed by atoms with Crippen molar-refractivity contribution in [1.29, 1.82) is 0 Å². The number of rotatable bonds is 4. The molecule has 0 spiro atoms. The largest absolute Gasteiger partial charge is 0.481 e. The number of piperidine rings is 1. The van der Waals surface area contributed by atoms with Crippen molar-refractivity contribution in [2.45, 2.75) is 32.2 Å². The van der Waals surface area contributed by atoms with Crippen LogP contribution in [0.5, 0.6) is 0 Å². The van der Waals surface area contributed by atoms with Gasteiger partial charge in [0.15, 0.2) is 0 Å². The van der Waals surface area contributed by atoms with Gasteiger partial charge in [-0.2, -0.15) is 0 Å². The van der Waals surface area contributed by atoms with Crippen LogP contribution in [-0.2, 0) is 4.79 Å². The van der Waals surface area contributed by atoms with Crippen LogP contribution in [0, 0.1) is 5.92 Å². The number of carboxylic acid groups (broad SMARTS) is 1. The number of hydrogen-bond acceptors (Lipinski definition) is 3. The van der Waals surface area contributed by atoms with Crippen molar-refractivity contribution in [3.63, 3.8) is 0 Å². The molecule has 2 rings (SSSR count). The van der Waals surface area contributed by atoms with Crippen LogP contribution in [0.1, 0.15) is 37.8 Å². The maximum Gasteiger partial charge on any atom is 0.307 e. The van der Waals surface area contributed by atoms with E-state index in [4.69, 9.17) is 5.11 Å². The van der Waals surface area contributed by atoms with Gasteiger partial charge in [-0.1, -0.05) is 6.92 Å². The van der Waals surface area contributed by atoms with Crippen molar-refractivity contribution < 1.29 is 9.90 Å². The third kappa shape index (κ3) is 2.88. The van der Waals surface area contributed by atoms with Crippen LogP contribution in [0.4, 0.5) is 0 Å². The molecule has 4 nitrogen and oxygen atoms in total. The molecule has 0 amide bonds. The monoisotopic (exact) mass is 248 g/mol. The fourth-order valence-corrected chi connectivity index (χ4v) is 2.78. The Kier molecular flexibility index (Phi) is 4.31. The van der Waals surface area contributed by atoms with E-state index in [1.807, 2.05) is 12.1 Å². The van der Waals surface area contributed by atoms with E-state index >= 15 is 0 Å². The number of carboxylic acids is 1. The summed E-state index contributed by atoms with van der Waals surface area (Å²) in [6.45, 7) is 3.80. The van der Waals surface area contributed by atoms with E-state index < -0.39 is 5.97 Å². The molecule has 98 valence electrons. The number of hydrogen-bond donors (Lipinski definition) is 1. The Bertz CT molecular complexity index is 394. The molecular formula is C14H20N2O2. The molecule has 0 aromatic carbocycles. The van der Waals surface area contributed by atoms with Gasteiger partial charge >= 0.3 is 5.97 Å². The highest BCUT2D eigenvalue weighted by Crippen LogP contribution is 2.28. The Morgan fingerprint density at radius 1 is 1.56 bits per heavy atom. The molecule has 4 heteroatoms. The van der Waals surface area contributed by atoms with Gasteiger partial charge in [-0.05, 0) is 43.5 Å². The highest BCUT2D eigenvalue weighted by molar-refractivity contribution is 5.70. The molecule has 1 aliphatic heterocycles. The van der Waals surface area contributed by atoms with E-state index in [0.717, 1.165) is 25.8 Å². The van der Waals surface area contributed by atoms with E-state index in [0.29, 0.717) is 12.6 Å². The first-order valence-electron chi connectivity index (χ1n) is 6.59. The molecule has 18 heavy (non-hydrogen) atoms. The molecule has 0 saturated carbocycles. The van der Waals surface area contributed by atoms with Crippen molar-refractivity contribution >= 4 is 5.97 Å². The lowest BCUT2D eigenvalue weighted by Gasteiger charge is -2.36. The maximum atomic E-state index is 11.1. The summed E-state index contributed by atoms with van der Waals surface area (Å²) in [5.74, 6) is -0.876. The molecule has 2 atom stereocenters. The summed E-state index contributed by atoms with van der Waals surface area (Å²) in [6.07, 6.45) is 6.38. The number of likely N-dealkylation sites (tertiary alicyclic amines) is 1. The van der Waals surface area contributed by atoms with E-state index in [-0.39, 0.29) is 5.92 Å². The highest BCUT2D eigenvalue weighted by atomic mass is 16.4. The molecule has 0 aliphatic carbocycles. The lowest BCUT2D eigenvalue weighted by Crippen LogP contribution is -2.40. The predicted molar refractivity (Wildman–Crippen MR) is 69.2 cm³/mol. The number of aliphatic carboxylic acids is 1. The van der Waals surface area contributed by atoms with Crippen molar-refractivity contribution in [3.05, 3.63) is 30.1 Å². The smallest absolute Gasteiger partial charge is 0.307 e. The first kappa shape index (κ1) is 13.0. The van der Waals surface area contributed by atoms with Crippen LogP contribution in [0.2, 0.25) is 0 Å². The van der Waals surface area contributed by atoms with Gasteiger partial charge in [-0.15, -0.1) is 0 Å². The fourth-order valence-electron chi connectivity index (χ4n) is 2.78. The standard InChI is InChI=1S/C14H20N2O2/c1-2-13(11-5-7-15-8-6-11)16-9-3-4-12(10-16)14(17)18/h5-8,12-13H,2-4,9-10H2,1H3,(H,17,18). The topological polar surface area (TPSA) is 53.4 Å². The van der Waals surface area contributed by atoms with Crippen LogP contribution < -0.4 is 0 Å². The summed E-state index contributed by atoms with van der Waals surface area (Å²) in [6, 6.07) is 4.37. The summed E-state index contributed by atoms with van der Waals surface area (Å²) in [4.78, 5) is 17.5. The highest BCUT2D eigenvalue weighted by Gasteiger charge is 2.29. The van der Waals surface area contributed by atoms with E-state index in [2.05, 4.69) is 16.8 Å². The van der Waals surface area contributed by atoms with Gasteiger partial charge in [0.2, 0.25) is 0 Å². The second-order valence-electron chi connectivity index (χ2n) is 4.88. The lowest BCUT2D eigenvalue weighted by molar-refractivity contribution is -0.144. The average Bonchev–Trinajstić information content (AvgIpc) is 2.41. The number of carbonyl (C=O) groups is 1. The molecule has 1 aromatic heterocycles. The third-order valence-electron chi connectivity index (χ3n) is 3.72. The minimum absolute atomic E-state index is 0.213. The Morgan fingerprint density at radius 2 is 2.28 bits per heavy atom. The van der Waals surface area contributed by atoms with Crippen molar-refractivity contribution in [2.75, 3.05) is 13.1 Å². The van der Waals surface area contributed by atoms with Gasteiger partial charge in [0.05, 0.1) is 5.92 Å². The van der Waals surface area contributed by atoms with Crippen molar-refractivity contribution in [3.8, 4) is 0 Å². The Balaban J connectivity index is 2.11. The summed E-state index contributed by atoms with van der Waals surface area (Å²) in [7, 11) is 0. The Hall–Kier alpha value is -1.42. The van der Waals surface area contributed by atoms with E-state index in [1.54, 1.807) is 12.4 Å². The predicted octanol–water partition coefficient (Wildman–Crippen LogP) is 2.33. The van der Waals surface area contributed by atoms with Crippen LogP contribution in [0.15, 0.2) is 24.5 Å². The van der Waals surface area contributed by atoms with Gasteiger partial charge in [-0.3, -0.25) is 14.7 Å². The Morgan fingerprint density at radius 3 is 2.89 bits per heavy atom. The molecule has 1 saturated heterocycles. The zero-order valence-electron chi connectivity index (χ0n) is 10.7. The third-order valence-corrected chi connectivity index (χ3v) is 3.72. The average molecular weight is 248 g/mol. The Labute approximate surface area is 108 Å². The molecule has 2 heterocycles.